The number of ether oxygens (including phenoxy) is 2. The molecule has 0 atom stereocenters. The summed E-state index contributed by atoms with van der Waals surface area (Å²) in [6.07, 6.45) is 0. The third-order valence-electron chi connectivity index (χ3n) is 3.91. The van der Waals surface area contributed by atoms with Crippen molar-refractivity contribution in [1.29, 1.82) is 0 Å². The summed E-state index contributed by atoms with van der Waals surface area (Å²) in [7, 11) is 3.22. The molecule has 1 aromatic carbocycles. The van der Waals surface area contributed by atoms with Gasteiger partial charge in [0.05, 0.1) is 24.9 Å². The van der Waals surface area contributed by atoms with Crippen LogP contribution in [0.2, 0.25) is 0 Å². The first-order valence-electron chi connectivity index (χ1n) is 8.16. The van der Waals surface area contributed by atoms with E-state index in [0.717, 1.165) is 27.0 Å². The number of benzene rings is 1. The lowest BCUT2D eigenvalue weighted by Crippen LogP contribution is -1.98. The van der Waals surface area contributed by atoms with E-state index < -0.39 is 0 Å². The fraction of sp³-hybridized carbons (Fsp3) is 0.222. The number of rotatable bonds is 6. The molecule has 0 bridgehead atoms. The molecule has 9 heteroatoms. The van der Waals surface area contributed by atoms with Crippen LogP contribution in [0.1, 0.15) is 10.7 Å². The predicted octanol–water partition coefficient (Wildman–Crippen LogP) is 3.87. The fourth-order valence-corrected chi connectivity index (χ4v) is 4.09. The minimum Gasteiger partial charge on any atom is -0.493 e. The molecule has 0 unspecified atom stereocenters. The maximum absolute atomic E-state index is 5.39. The van der Waals surface area contributed by atoms with E-state index in [0.29, 0.717) is 23.0 Å². The maximum atomic E-state index is 5.39. The van der Waals surface area contributed by atoms with Crippen LogP contribution in [0.4, 0.5) is 0 Å². The van der Waals surface area contributed by atoms with E-state index in [1.807, 2.05) is 37.3 Å². The summed E-state index contributed by atoms with van der Waals surface area (Å²) in [5.74, 6) is 2.73. The molecule has 0 saturated heterocycles. The van der Waals surface area contributed by atoms with Crippen LogP contribution in [0, 0.1) is 6.92 Å². The van der Waals surface area contributed by atoms with Gasteiger partial charge in [-0.25, -0.2) is 4.98 Å². The second-order valence-corrected chi connectivity index (χ2v) is 7.74. The Hall–Kier alpha value is -2.65. The number of thiazole rings is 1. The van der Waals surface area contributed by atoms with Gasteiger partial charge in [-0.05, 0) is 37.3 Å². The lowest BCUT2D eigenvalue weighted by Gasteiger charge is -2.08. The van der Waals surface area contributed by atoms with Crippen LogP contribution in [-0.2, 0) is 5.75 Å². The van der Waals surface area contributed by atoms with Crippen molar-refractivity contribution in [3.63, 3.8) is 0 Å². The molecule has 0 radical (unpaired) electrons. The Morgan fingerprint density at radius 1 is 1.07 bits per heavy atom. The summed E-state index contributed by atoms with van der Waals surface area (Å²) in [5.41, 5.74) is 2.60. The van der Waals surface area contributed by atoms with Crippen LogP contribution in [0.5, 0.6) is 11.5 Å². The first kappa shape index (κ1) is 17.7. The summed E-state index contributed by atoms with van der Waals surface area (Å²) in [6, 6.07) is 9.50. The largest absolute Gasteiger partial charge is 0.493 e. The smallest absolute Gasteiger partial charge is 0.185 e. The highest BCUT2D eigenvalue weighted by Gasteiger charge is 2.13. The monoisotopic (exact) mass is 399 g/mol. The Balaban J connectivity index is 1.66. The molecule has 7 nitrogen and oxygen atoms in total. The van der Waals surface area contributed by atoms with E-state index in [9.17, 15) is 0 Å². The summed E-state index contributed by atoms with van der Waals surface area (Å²) >= 11 is 3.29. The van der Waals surface area contributed by atoms with Crippen LogP contribution in [0.25, 0.3) is 17.0 Å². The normalized spacial score (nSPS) is 11.1. The minimum atomic E-state index is 0.635. The van der Waals surface area contributed by atoms with Gasteiger partial charge in [0, 0.05) is 16.7 Å². The second-order valence-electron chi connectivity index (χ2n) is 5.68. The molecule has 0 N–H and O–H groups in total. The van der Waals surface area contributed by atoms with Crippen molar-refractivity contribution < 1.29 is 9.47 Å². The SMILES string of the molecule is COc1ccc(-c2nnc3ccc(SCc4csc(C)n4)nn23)cc1OC. The Morgan fingerprint density at radius 3 is 2.67 bits per heavy atom. The molecule has 0 aliphatic heterocycles. The number of nitrogens with zero attached hydrogens (tertiary/aromatic N) is 5. The van der Waals surface area contributed by atoms with Crippen molar-refractivity contribution in [2.75, 3.05) is 14.2 Å². The van der Waals surface area contributed by atoms with Crippen molar-refractivity contribution in [2.24, 2.45) is 0 Å². The fourth-order valence-electron chi connectivity index (χ4n) is 2.63. The average molecular weight is 400 g/mol. The van der Waals surface area contributed by atoms with E-state index >= 15 is 0 Å². The molecule has 0 aliphatic rings. The molecule has 0 aliphatic carbocycles. The molecule has 0 saturated carbocycles. The van der Waals surface area contributed by atoms with Crippen molar-refractivity contribution in [1.82, 2.24) is 24.8 Å². The highest BCUT2D eigenvalue weighted by Crippen LogP contribution is 2.32. The van der Waals surface area contributed by atoms with Gasteiger partial charge in [0.2, 0.25) is 0 Å². The van der Waals surface area contributed by atoms with Gasteiger partial charge in [0.1, 0.15) is 5.03 Å². The molecule has 138 valence electrons. The summed E-state index contributed by atoms with van der Waals surface area (Å²) in [5, 5.41) is 17.2. The minimum absolute atomic E-state index is 0.635. The highest BCUT2D eigenvalue weighted by molar-refractivity contribution is 7.98. The maximum Gasteiger partial charge on any atom is 0.185 e. The third kappa shape index (κ3) is 3.60. The number of aryl methyl sites for hydroxylation is 1. The highest BCUT2D eigenvalue weighted by atomic mass is 32.2. The van der Waals surface area contributed by atoms with Gasteiger partial charge >= 0.3 is 0 Å². The number of aromatic nitrogens is 5. The van der Waals surface area contributed by atoms with Crippen molar-refractivity contribution in [2.45, 2.75) is 17.7 Å². The third-order valence-corrected chi connectivity index (χ3v) is 5.69. The Morgan fingerprint density at radius 2 is 1.93 bits per heavy atom. The molecular formula is C18H17N5O2S2. The van der Waals surface area contributed by atoms with Gasteiger partial charge in [-0.15, -0.1) is 21.5 Å². The van der Waals surface area contributed by atoms with Gasteiger partial charge in [0.25, 0.3) is 0 Å². The van der Waals surface area contributed by atoms with E-state index in [1.165, 1.54) is 0 Å². The summed E-state index contributed by atoms with van der Waals surface area (Å²) < 4.78 is 12.4. The molecule has 0 amide bonds. The lowest BCUT2D eigenvalue weighted by molar-refractivity contribution is 0.355. The van der Waals surface area contributed by atoms with Crippen LogP contribution in [0.3, 0.4) is 0 Å². The number of hydrogen-bond acceptors (Lipinski definition) is 8. The molecular weight excluding hydrogens is 382 g/mol. The second kappa shape index (κ2) is 7.53. The topological polar surface area (TPSA) is 74.4 Å². The number of methoxy groups -OCH3 is 2. The molecule has 4 rings (SSSR count). The van der Waals surface area contributed by atoms with Crippen LogP contribution in [0.15, 0.2) is 40.7 Å². The van der Waals surface area contributed by atoms with Crippen molar-refractivity contribution in [3.05, 3.63) is 46.4 Å². The van der Waals surface area contributed by atoms with Gasteiger partial charge in [-0.2, -0.15) is 9.61 Å². The average Bonchev–Trinajstić information content (AvgIpc) is 3.31. The molecule has 0 spiro atoms. The quantitative estimate of drug-likeness (QED) is 0.456. The van der Waals surface area contributed by atoms with Gasteiger partial charge < -0.3 is 9.47 Å². The number of fused-ring (bicyclic) bond motifs is 1. The van der Waals surface area contributed by atoms with Crippen LogP contribution in [-0.4, -0.2) is 39.0 Å². The first-order valence-corrected chi connectivity index (χ1v) is 10.0. The van der Waals surface area contributed by atoms with Gasteiger partial charge in [-0.1, -0.05) is 11.8 Å². The molecule has 3 aromatic heterocycles. The zero-order valence-corrected chi connectivity index (χ0v) is 16.7. The first-order chi connectivity index (χ1) is 13.2. The van der Waals surface area contributed by atoms with Gasteiger partial charge in [0.15, 0.2) is 23.0 Å². The van der Waals surface area contributed by atoms with Gasteiger partial charge in [-0.3, -0.25) is 0 Å². The van der Waals surface area contributed by atoms with E-state index in [2.05, 4.69) is 25.7 Å². The summed E-state index contributed by atoms with van der Waals surface area (Å²) in [4.78, 5) is 4.49. The zero-order valence-electron chi connectivity index (χ0n) is 15.0. The molecule has 3 heterocycles. The zero-order chi connectivity index (χ0) is 18.8. The van der Waals surface area contributed by atoms with Crippen molar-refractivity contribution >= 4 is 28.7 Å². The number of hydrogen-bond donors (Lipinski definition) is 0. The van der Waals surface area contributed by atoms with Crippen molar-refractivity contribution in [3.8, 4) is 22.9 Å². The molecule has 27 heavy (non-hydrogen) atoms. The Kier molecular flexibility index (Phi) is 4.95. The van der Waals surface area contributed by atoms with E-state index in [4.69, 9.17) is 9.47 Å². The molecule has 0 fully saturated rings. The Bertz CT molecular complexity index is 1090. The van der Waals surface area contributed by atoms with Crippen LogP contribution < -0.4 is 9.47 Å². The van der Waals surface area contributed by atoms with E-state index in [1.54, 1.807) is 41.8 Å². The van der Waals surface area contributed by atoms with Crippen LogP contribution >= 0.6 is 23.1 Å². The lowest BCUT2D eigenvalue weighted by atomic mass is 10.2. The predicted molar refractivity (Wildman–Crippen MR) is 106 cm³/mol. The standard InChI is InChI=1S/C18H17N5O2S2/c1-11-19-13(9-26-11)10-27-17-7-6-16-20-21-18(23(16)22-17)12-4-5-14(24-2)15(8-12)25-3/h4-9H,10H2,1-3H3. The Labute approximate surface area is 164 Å². The van der Waals surface area contributed by atoms with E-state index in [-0.39, 0.29) is 0 Å². The summed E-state index contributed by atoms with van der Waals surface area (Å²) in [6.45, 7) is 2.01. The number of thioether (sulfide) groups is 1. The molecule has 4 aromatic rings.